The largest absolute Gasteiger partial charge is 0.444 e. The molecule has 3 aromatic rings. The number of unbranched alkanes of at least 4 members (excludes halogenated alkanes) is 1. The Bertz CT molecular complexity index is 979. The molecule has 0 spiro atoms. The number of nitrogens with one attached hydrogen (secondary N) is 2. The minimum Gasteiger partial charge on any atom is -0.444 e. The standard InChI is InChI=1S/C24H31FN4O2/c1-24(2,3)31-23(30)26-12-6-7-13-29(16-18-10-11-22(25)28-14-18)17-19-15-27-21-9-5-4-8-20(19)21/h4-5,8-11,14-15,27H,6-7,12-13,16-17H2,1-3H3,(H,26,30). The van der Waals surface area contributed by atoms with Crippen LogP contribution in [0.5, 0.6) is 0 Å². The lowest BCUT2D eigenvalue weighted by molar-refractivity contribution is 0.0526. The Morgan fingerprint density at radius 1 is 1.16 bits per heavy atom. The highest BCUT2D eigenvalue weighted by atomic mass is 19.1. The number of rotatable bonds is 9. The van der Waals surface area contributed by atoms with E-state index < -0.39 is 11.5 Å². The number of alkyl carbamates (subject to hydrolysis) is 1. The van der Waals surface area contributed by atoms with Crippen LogP contribution in [0.2, 0.25) is 0 Å². The number of para-hydroxylation sites is 1. The summed E-state index contributed by atoms with van der Waals surface area (Å²) in [4.78, 5) is 21.2. The monoisotopic (exact) mass is 426 g/mol. The third-order valence-electron chi connectivity index (χ3n) is 4.83. The molecule has 0 saturated carbocycles. The Morgan fingerprint density at radius 3 is 2.71 bits per heavy atom. The van der Waals surface area contributed by atoms with Gasteiger partial charge in [-0.15, -0.1) is 0 Å². The van der Waals surface area contributed by atoms with Gasteiger partial charge in [-0.1, -0.05) is 24.3 Å². The molecule has 0 aliphatic rings. The number of H-pyrrole nitrogens is 1. The van der Waals surface area contributed by atoms with Gasteiger partial charge < -0.3 is 15.0 Å². The van der Waals surface area contributed by atoms with E-state index in [0.717, 1.165) is 37.0 Å². The molecule has 0 fully saturated rings. The maximum Gasteiger partial charge on any atom is 0.407 e. The molecule has 0 atom stereocenters. The number of aromatic nitrogens is 2. The average Bonchev–Trinajstić information content (AvgIpc) is 3.11. The van der Waals surface area contributed by atoms with E-state index in [1.165, 1.54) is 17.0 Å². The molecule has 6 nitrogen and oxygen atoms in total. The summed E-state index contributed by atoms with van der Waals surface area (Å²) in [6, 6.07) is 11.4. The van der Waals surface area contributed by atoms with Crippen LogP contribution in [0.15, 0.2) is 48.8 Å². The topological polar surface area (TPSA) is 70.2 Å². The van der Waals surface area contributed by atoms with Gasteiger partial charge in [0.1, 0.15) is 5.60 Å². The van der Waals surface area contributed by atoms with Crippen molar-refractivity contribution in [2.24, 2.45) is 0 Å². The fourth-order valence-electron chi connectivity index (χ4n) is 3.44. The molecule has 2 heterocycles. The molecule has 166 valence electrons. The summed E-state index contributed by atoms with van der Waals surface area (Å²) in [7, 11) is 0. The number of carbonyl (C=O) groups excluding carboxylic acids is 1. The molecule has 1 aromatic carbocycles. The van der Waals surface area contributed by atoms with Gasteiger partial charge in [0, 0.05) is 42.9 Å². The third-order valence-corrected chi connectivity index (χ3v) is 4.83. The fourth-order valence-corrected chi connectivity index (χ4v) is 3.44. The molecule has 3 rings (SSSR count). The number of carbonyl (C=O) groups is 1. The van der Waals surface area contributed by atoms with Crippen LogP contribution >= 0.6 is 0 Å². The van der Waals surface area contributed by atoms with E-state index in [9.17, 15) is 9.18 Å². The lowest BCUT2D eigenvalue weighted by atomic mass is 10.1. The molecule has 1 amide bonds. The van der Waals surface area contributed by atoms with Crippen molar-refractivity contribution >= 4 is 17.0 Å². The van der Waals surface area contributed by atoms with Crippen molar-refractivity contribution < 1.29 is 13.9 Å². The second-order valence-electron chi connectivity index (χ2n) is 8.70. The van der Waals surface area contributed by atoms with Crippen LogP contribution in [0.3, 0.4) is 0 Å². The molecule has 0 bridgehead atoms. The van der Waals surface area contributed by atoms with Crippen LogP contribution in [0, 0.1) is 5.95 Å². The minimum absolute atomic E-state index is 0.388. The van der Waals surface area contributed by atoms with E-state index in [1.807, 2.05) is 39.1 Å². The normalized spacial score (nSPS) is 11.8. The van der Waals surface area contributed by atoms with Crippen molar-refractivity contribution in [1.82, 2.24) is 20.2 Å². The molecule has 7 heteroatoms. The van der Waals surface area contributed by atoms with Crippen LogP contribution in [0.1, 0.15) is 44.7 Å². The summed E-state index contributed by atoms with van der Waals surface area (Å²) in [6.45, 7) is 8.38. The number of halogens is 1. The summed E-state index contributed by atoms with van der Waals surface area (Å²) in [6.07, 6.45) is 4.99. The van der Waals surface area contributed by atoms with E-state index in [4.69, 9.17) is 4.74 Å². The lowest BCUT2D eigenvalue weighted by Gasteiger charge is -2.22. The zero-order valence-corrected chi connectivity index (χ0v) is 18.5. The van der Waals surface area contributed by atoms with Gasteiger partial charge in [0.25, 0.3) is 0 Å². The van der Waals surface area contributed by atoms with Crippen molar-refractivity contribution in [3.63, 3.8) is 0 Å². The number of aromatic amines is 1. The zero-order chi connectivity index (χ0) is 22.3. The molecule has 0 unspecified atom stereocenters. The molecule has 2 N–H and O–H groups in total. The minimum atomic E-state index is -0.497. The van der Waals surface area contributed by atoms with Crippen LogP contribution in [-0.2, 0) is 17.8 Å². The number of benzene rings is 1. The molecule has 0 radical (unpaired) electrons. The molecule has 0 aliphatic heterocycles. The molecular weight excluding hydrogens is 395 g/mol. The number of fused-ring (bicyclic) bond motifs is 1. The summed E-state index contributed by atoms with van der Waals surface area (Å²) in [5, 5.41) is 4.01. The first kappa shape index (κ1) is 22.7. The first-order chi connectivity index (χ1) is 14.8. The summed E-state index contributed by atoms with van der Waals surface area (Å²) in [5.74, 6) is -0.472. The van der Waals surface area contributed by atoms with Gasteiger partial charge in [0.2, 0.25) is 5.95 Å². The lowest BCUT2D eigenvalue weighted by Crippen LogP contribution is -2.33. The molecule has 2 aromatic heterocycles. The van der Waals surface area contributed by atoms with Crippen molar-refractivity contribution in [3.8, 4) is 0 Å². The van der Waals surface area contributed by atoms with Gasteiger partial charge >= 0.3 is 6.09 Å². The van der Waals surface area contributed by atoms with E-state index >= 15 is 0 Å². The Labute approximate surface area is 182 Å². The SMILES string of the molecule is CC(C)(C)OC(=O)NCCCCN(Cc1ccc(F)nc1)Cc1c[nH]c2ccccc12. The first-order valence-corrected chi connectivity index (χ1v) is 10.6. The summed E-state index contributed by atoms with van der Waals surface area (Å²) < 4.78 is 18.4. The number of hydrogen-bond acceptors (Lipinski definition) is 4. The zero-order valence-electron chi connectivity index (χ0n) is 18.5. The molecule has 0 saturated heterocycles. The number of ether oxygens (including phenoxy) is 1. The predicted octanol–water partition coefficient (Wildman–Crippen LogP) is 5.01. The number of nitrogens with zero attached hydrogens (tertiary/aromatic N) is 2. The third kappa shape index (κ3) is 7.36. The van der Waals surface area contributed by atoms with E-state index in [1.54, 1.807) is 12.3 Å². The maximum atomic E-state index is 13.2. The van der Waals surface area contributed by atoms with Crippen LogP contribution in [-0.4, -0.2) is 39.7 Å². The molecule has 0 aliphatic carbocycles. The Balaban J connectivity index is 1.57. The van der Waals surface area contributed by atoms with Gasteiger partial charge in [-0.25, -0.2) is 9.78 Å². The predicted molar refractivity (Wildman–Crippen MR) is 120 cm³/mol. The second-order valence-corrected chi connectivity index (χ2v) is 8.70. The fraction of sp³-hybridized carbons (Fsp3) is 0.417. The highest BCUT2D eigenvalue weighted by molar-refractivity contribution is 5.82. The smallest absolute Gasteiger partial charge is 0.407 e. The van der Waals surface area contributed by atoms with E-state index in [0.29, 0.717) is 13.1 Å². The average molecular weight is 427 g/mol. The van der Waals surface area contributed by atoms with Gasteiger partial charge in [-0.05, 0) is 63.4 Å². The van der Waals surface area contributed by atoms with Gasteiger partial charge in [0.15, 0.2) is 0 Å². The Kier molecular flexibility index (Phi) is 7.63. The second kappa shape index (κ2) is 10.4. The van der Waals surface area contributed by atoms with Crippen LogP contribution in [0.25, 0.3) is 10.9 Å². The molecular formula is C24H31FN4O2. The van der Waals surface area contributed by atoms with Crippen molar-refractivity contribution in [2.45, 2.75) is 52.3 Å². The van der Waals surface area contributed by atoms with Crippen molar-refractivity contribution in [2.75, 3.05) is 13.1 Å². The highest BCUT2D eigenvalue weighted by Crippen LogP contribution is 2.20. The Morgan fingerprint density at radius 2 is 1.97 bits per heavy atom. The number of hydrogen-bond donors (Lipinski definition) is 2. The maximum absolute atomic E-state index is 13.2. The highest BCUT2D eigenvalue weighted by Gasteiger charge is 2.15. The quantitative estimate of drug-likeness (QED) is 0.373. The summed E-state index contributed by atoms with van der Waals surface area (Å²) in [5.41, 5.74) is 2.80. The van der Waals surface area contributed by atoms with Crippen LogP contribution in [0.4, 0.5) is 9.18 Å². The molecule has 31 heavy (non-hydrogen) atoms. The van der Waals surface area contributed by atoms with E-state index in [2.05, 4.69) is 32.3 Å². The number of amides is 1. The van der Waals surface area contributed by atoms with Crippen LogP contribution < -0.4 is 5.32 Å². The van der Waals surface area contributed by atoms with Crippen molar-refractivity contribution in [3.05, 3.63) is 65.9 Å². The Hall–Kier alpha value is -2.93. The van der Waals surface area contributed by atoms with Crippen molar-refractivity contribution in [1.29, 1.82) is 0 Å². The van der Waals surface area contributed by atoms with E-state index in [-0.39, 0.29) is 6.09 Å². The van der Waals surface area contributed by atoms with Gasteiger partial charge in [-0.2, -0.15) is 4.39 Å². The first-order valence-electron chi connectivity index (χ1n) is 10.6. The number of pyridine rings is 1. The van der Waals surface area contributed by atoms with Gasteiger partial charge in [-0.3, -0.25) is 4.90 Å². The summed E-state index contributed by atoms with van der Waals surface area (Å²) >= 11 is 0. The van der Waals surface area contributed by atoms with Gasteiger partial charge in [0.05, 0.1) is 0 Å².